The highest BCUT2D eigenvalue weighted by atomic mass is 16.5. The van der Waals surface area contributed by atoms with Gasteiger partial charge in [0, 0.05) is 12.8 Å². The zero-order valence-electron chi connectivity index (χ0n) is 12.1. The highest BCUT2D eigenvalue weighted by Crippen LogP contribution is 2.23. The van der Waals surface area contributed by atoms with Crippen LogP contribution in [0.5, 0.6) is 0 Å². The van der Waals surface area contributed by atoms with Crippen molar-refractivity contribution in [3.63, 3.8) is 0 Å². The molecule has 1 aromatic carbocycles. The van der Waals surface area contributed by atoms with E-state index in [9.17, 15) is 0 Å². The van der Waals surface area contributed by atoms with Gasteiger partial charge in [-0.05, 0) is 43.9 Å². The van der Waals surface area contributed by atoms with Crippen molar-refractivity contribution in [1.82, 2.24) is 15.2 Å². The third-order valence-corrected chi connectivity index (χ3v) is 3.99. The Hall–Kier alpha value is -1.69. The summed E-state index contributed by atoms with van der Waals surface area (Å²) >= 11 is 0. The molecule has 5 nitrogen and oxygen atoms in total. The first kappa shape index (κ1) is 14.3. The SMILES string of the molecule is NNC(CCC1CCCO1)c1ccn(-c2ccccc2)n1. The van der Waals surface area contributed by atoms with Gasteiger partial charge in [-0.3, -0.25) is 11.3 Å². The van der Waals surface area contributed by atoms with Crippen molar-refractivity contribution < 1.29 is 4.74 Å². The number of aromatic nitrogens is 2. The van der Waals surface area contributed by atoms with Gasteiger partial charge in [-0.15, -0.1) is 0 Å². The molecule has 1 saturated heterocycles. The second-order valence-electron chi connectivity index (χ2n) is 5.45. The molecule has 1 fully saturated rings. The summed E-state index contributed by atoms with van der Waals surface area (Å²) in [7, 11) is 0. The van der Waals surface area contributed by atoms with Gasteiger partial charge < -0.3 is 4.74 Å². The van der Waals surface area contributed by atoms with Crippen LogP contribution in [0.25, 0.3) is 5.69 Å². The third-order valence-electron chi connectivity index (χ3n) is 3.99. The molecule has 1 aliphatic heterocycles. The molecule has 2 unspecified atom stereocenters. The molecular formula is C16H22N4O. The lowest BCUT2D eigenvalue weighted by Gasteiger charge is -2.16. The lowest BCUT2D eigenvalue weighted by atomic mass is 10.0. The van der Waals surface area contributed by atoms with E-state index in [4.69, 9.17) is 10.6 Å². The Morgan fingerprint density at radius 3 is 2.90 bits per heavy atom. The molecule has 3 N–H and O–H groups in total. The predicted molar refractivity (Wildman–Crippen MR) is 81.8 cm³/mol. The second kappa shape index (κ2) is 6.85. The standard InChI is InChI=1S/C16H22N4O/c17-18-15(9-8-14-7-4-12-21-14)16-10-11-20(19-16)13-5-2-1-3-6-13/h1-3,5-6,10-11,14-15,18H,4,7-9,12,17H2. The van der Waals surface area contributed by atoms with Crippen molar-refractivity contribution in [2.45, 2.75) is 37.8 Å². The summed E-state index contributed by atoms with van der Waals surface area (Å²) in [6.07, 6.45) is 6.65. The van der Waals surface area contributed by atoms with E-state index in [1.807, 2.05) is 47.3 Å². The molecule has 2 atom stereocenters. The molecule has 1 aliphatic rings. The molecule has 0 radical (unpaired) electrons. The maximum Gasteiger partial charge on any atom is 0.0811 e. The molecule has 21 heavy (non-hydrogen) atoms. The van der Waals surface area contributed by atoms with Crippen LogP contribution in [0.15, 0.2) is 42.6 Å². The first-order chi connectivity index (χ1) is 10.4. The van der Waals surface area contributed by atoms with E-state index < -0.39 is 0 Å². The zero-order chi connectivity index (χ0) is 14.5. The predicted octanol–water partition coefficient (Wildman–Crippen LogP) is 2.34. The second-order valence-corrected chi connectivity index (χ2v) is 5.45. The highest BCUT2D eigenvalue weighted by Gasteiger charge is 2.19. The quantitative estimate of drug-likeness (QED) is 0.632. The molecule has 1 aromatic heterocycles. The first-order valence-corrected chi connectivity index (χ1v) is 7.55. The van der Waals surface area contributed by atoms with E-state index in [2.05, 4.69) is 10.5 Å². The summed E-state index contributed by atoms with van der Waals surface area (Å²) in [5.41, 5.74) is 4.90. The lowest BCUT2D eigenvalue weighted by molar-refractivity contribution is 0.0994. The Kier molecular flexibility index (Phi) is 4.65. The van der Waals surface area contributed by atoms with Crippen molar-refractivity contribution in [3.8, 4) is 5.69 Å². The molecular weight excluding hydrogens is 264 g/mol. The Morgan fingerprint density at radius 1 is 1.33 bits per heavy atom. The summed E-state index contributed by atoms with van der Waals surface area (Å²) in [5.74, 6) is 5.70. The van der Waals surface area contributed by atoms with Crippen molar-refractivity contribution in [1.29, 1.82) is 0 Å². The van der Waals surface area contributed by atoms with Crippen molar-refractivity contribution in [3.05, 3.63) is 48.3 Å². The minimum atomic E-state index is 0.0687. The molecule has 0 saturated carbocycles. The van der Waals surface area contributed by atoms with Crippen LogP contribution in [-0.2, 0) is 4.74 Å². The van der Waals surface area contributed by atoms with Crippen molar-refractivity contribution in [2.75, 3.05) is 6.61 Å². The fraction of sp³-hybridized carbons (Fsp3) is 0.438. The third kappa shape index (κ3) is 3.50. The Balaban J connectivity index is 1.65. The van der Waals surface area contributed by atoms with Crippen LogP contribution >= 0.6 is 0 Å². The first-order valence-electron chi connectivity index (χ1n) is 7.55. The van der Waals surface area contributed by atoms with Gasteiger partial charge in [0.15, 0.2) is 0 Å². The van der Waals surface area contributed by atoms with Gasteiger partial charge in [-0.2, -0.15) is 5.10 Å². The molecule has 0 bridgehead atoms. The van der Waals surface area contributed by atoms with Crippen LogP contribution in [0, 0.1) is 0 Å². The van der Waals surface area contributed by atoms with E-state index >= 15 is 0 Å². The van der Waals surface area contributed by atoms with Gasteiger partial charge in [0.05, 0.1) is 23.5 Å². The number of para-hydroxylation sites is 1. The van der Waals surface area contributed by atoms with E-state index in [-0.39, 0.29) is 6.04 Å². The Bertz CT molecular complexity index is 548. The number of ether oxygens (including phenoxy) is 1. The smallest absolute Gasteiger partial charge is 0.0811 e. The zero-order valence-corrected chi connectivity index (χ0v) is 12.1. The fourth-order valence-corrected chi connectivity index (χ4v) is 2.79. The van der Waals surface area contributed by atoms with Gasteiger partial charge in [0.1, 0.15) is 0 Å². The van der Waals surface area contributed by atoms with Crippen LogP contribution in [0.2, 0.25) is 0 Å². The summed E-state index contributed by atoms with van der Waals surface area (Å²) < 4.78 is 7.54. The summed E-state index contributed by atoms with van der Waals surface area (Å²) in [4.78, 5) is 0. The number of benzene rings is 1. The Morgan fingerprint density at radius 2 is 2.19 bits per heavy atom. The normalized spacial score (nSPS) is 19.8. The van der Waals surface area contributed by atoms with Crippen molar-refractivity contribution in [2.24, 2.45) is 5.84 Å². The van der Waals surface area contributed by atoms with Gasteiger partial charge in [-0.25, -0.2) is 4.68 Å². The molecule has 112 valence electrons. The van der Waals surface area contributed by atoms with Crippen molar-refractivity contribution >= 4 is 0 Å². The van der Waals surface area contributed by atoms with E-state index in [0.717, 1.165) is 37.3 Å². The Labute approximate surface area is 125 Å². The van der Waals surface area contributed by atoms with Crippen LogP contribution in [0.1, 0.15) is 37.4 Å². The van der Waals surface area contributed by atoms with E-state index in [1.54, 1.807) is 0 Å². The molecule has 0 amide bonds. The van der Waals surface area contributed by atoms with Gasteiger partial charge in [-0.1, -0.05) is 18.2 Å². The average molecular weight is 286 g/mol. The molecule has 0 aliphatic carbocycles. The van der Waals surface area contributed by atoms with Crippen LogP contribution in [-0.4, -0.2) is 22.5 Å². The minimum Gasteiger partial charge on any atom is -0.378 e. The minimum absolute atomic E-state index is 0.0687. The van der Waals surface area contributed by atoms with E-state index in [0.29, 0.717) is 6.10 Å². The number of hydrazine groups is 1. The van der Waals surface area contributed by atoms with Gasteiger partial charge >= 0.3 is 0 Å². The number of hydrogen-bond donors (Lipinski definition) is 2. The number of nitrogens with one attached hydrogen (secondary N) is 1. The largest absolute Gasteiger partial charge is 0.378 e. The number of rotatable bonds is 6. The molecule has 3 rings (SSSR count). The molecule has 0 spiro atoms. The molecule has 5 heteroatoms. The highest BCUT2D eigenvalue weighted by molar-refractivity contribution is 5.30. The van der Waals surface area contributed by atoms with E-state index in [1.165, 1.54) is 6.42 Å². The number of hydrogen-bond acceptors (Lipinski definition) is 4. The maximum atomic E-state index is 5.70. The average Bonchev–Trinajstić information content (AvgIpc) is 3.20. The summed E-state index contributed by atoms with van der Waals surface area (Å²) in [5, 5.41) is 4.63. The summed E-state index contributed by atoms with van der Waals surface area (Å²) in [6.45, 7) is 0.897. The maximum absolute atomic E-state index is 5.70. The van der Waals surface area contributed by atoms with Gasteiger partial charge in [0.2, 0.25) is 0 Å². The van der Waals surface area contributed by atoms with Crippen LogP contribution in [0.3, 0.4) is 0 Å². The topological polar surface area (TPSA) is 65.1 Å². The van der Waals surface area contributed by atoms with Gasteiger partial charge in [0.25, 0.3) is 0 Å². The number of nitrogens with two attached hydrogens (primary N) is 1. The van der Waals surface area contributed by atoms with Crippen LogP contribution in [0.4, 0.5) is 0 Å². The molecule has 2 aromatic rings. The number of nitrogens with zero attached hydrogens (tertiary/aromatic N) is 2. The molecule has 2 heterocycles. The monoisotopic (exact) mass is 286 g/mol. The summed E-state index contributed by atoms with van der Waals surface area (Å²) in [6, 6.07) is 12.2. The fourth-order valence-electron chi connectivity index (χ4n) is 2.79. The van der Waals surface area contributed by atoms with Crippen LogP contribution < -0.4 is 11.3 Å². The lowest BCUT2D eigenvalue weighted by Crippen LogP contribution is -2.29.